The lowest BCUT2D eigenvalue weighted by Crippen LogP contribution is -1.94. The number of aliphatic hydroxyl groups excluding tert-OH is 1. The summed E-state index contributed by atoms with van der Waals surface area (Å²) in [6.07, 6.45) is 2.81. The molecule has 1 N–H and O–H groups in total. The van der Waals surface area contributed by atoms with Gasteiger partial charge in [-0.15, -0.1) is 11.3 Å². The zero-order chi connectivity index (χ0) is 9.68. The molecular formula is C10H17NOS. The fraction of sp³-hybridized carbons (Fsp3) is 0.700. The molecule has 0 saturated heterocycles. The van der Waals surface area contributed by atoms with Gasteiger partial charge in [0.25, 0.3) is 0 Å². The van der Waals surface area contributed by atoms with Gasteiger partial charge in [-0.05, 0) is 18.8 Å². The Hall–Kier alpha value is -0.410. The van der Waals surface area contributed by atoms with Gasteiger partial charge in [0.1, 0.15) is 0 Å². The van der Waals surface area contributed by atoms with E-state index in [2.05, 4.69) is 24.2 Å². The van der Waals surface area contributed by atoms with Crippen LogP contribution >= 0.6 is 11.3 Å². The highest BCUT2D eigenvalue weighted by Crippen LogP contribution is 2.14. The minimum atomic E-state index is 0.261. The summed E-state index contributed by atoms with van der Waals surface area (Å²) < 4.78 is 0. The third kappa shape index (κ3) is 3.87. The summed E-state index contributed by atoms with van der Waals surface area (Å²) in [5, 5.41) is 12.0. The van der Waals surface area contributed by atoms with Crippen LogP contribution in [0, 0.1) is 5.92 Å². The van der Waals surface area contributed by atoms with Gasteiger partial charge >= 0.3 is 0 Å². The van der Waals surface area contributed by atoms with Gasteiger partial charge in [0.2, 0.25) is 0 Å². The van der Waals surface area contributed by atoms with E-state index in [1.54, 1.807) is 11.3 Å². The second-order valence-corrected chi connectivity index (χ2v) is 4.60. The molecule has 0 aliphatic carbocycles. The molecule has 0 atom stereocenters. The van der Waals surface area contributed by atoms with Crippen LogP contribution in [0.5, 0.6) is 0 Å². The Balaban J connectivity index is 2.44. The molecule has 0 saturated carbocycles. The molecule has 1 heterocycles. The van der Waals surface area contributed by atoms with Crippen molar-refractivity contribution in [1.82, 2.24) is 4.98 Å². The number of nitrogens with zero attached hydrogens (tertiary/aromatic N) is 1. The predicted octanol–water partition coefficient (Wildman–Crippen LogP) is 2.27. The Bertz CT molecular complexity index is 245. The largest absolute Gasteiger partial charge is 0.396 e. The summed E-state index contributed by atoms with van der Waals surface area (Å²) in [6, 6.07) is 0. The van der Waals surface area contributed by atoms with Crippen molar-refractivity contribution in [3.05, 3.63) is 16.1 Å². The van der Waals surface area contributed by atoms with Crippen LogP contribution in [0.25, 0.3) is 0 Å². The first-order chi connectivity index (χ1) is 6.22. The first-order valence-corrected chi connectivity index (χ1v) is 5.64. The summed E-state index contributed by atoms with van der Waals surface area (Å²) in [5.74, 6) is 0.678. The van der Waals surface area contributed by atoms with Crippen LogP contribution in [0.3, 0.4) is 0 Å². The molecule has 0 radical (unpaired) electrons. The molecule has 1 aromatic heterocycles. The van der Waals surface area contributed by atoms with Crippen LogP contribution in [-0.2, 0) is 12.8 Å². The lowest BCUT2D eigenvalue weighted by Gasteiger charge is -1.98. The van der Waals surface area contributed by atoms with Crippen LogP contribution in [0.1, 0.15) is 31.0 Å². The third-order valence-corrected chi connectivity index (χ3v) is 2.69. The van der Waals surface area contributed by atoms with Gasteiger partial charge in [-0.25, -0.2) is 4.98 Å². The maximum atomic E-state index is 8.66. The zero-order valence-electron chi connectivity index (χ0n) is 8.29. The standard InChI is InChI=1S/C10H17NOS/c1-8(2)6-10-11-9(7-13-10)4-3-5-12/h7-8,12H,3-6H2,1-2H3. The zero-order valence-corrected chi connectivity index (χ0v) is 9.10. The molecular weight excluding hydrogens is 182 g/mol. The number of rotatable bonds is 5. The van der Waals surface area contributed by atoms with E-state index >= 15 is 0 Å². The second kappa shape index (κ2) is 5.35. The summed E-state index contributed by atoms with van der Waals surface area (Å²) >= 11 is 1.74. The summed E-state index contributed by atoms with van der Waals surface area (Å²) in [4.78, 5) is 4.50. The topological polar surface area (TPSA) is 33.1 Å². The maximum absolute atomic E-state index is 8.66. The Labute approximate surface area is 83.6 Å². The van der Waals surface area contributed by atoms with E-state index in [9.17, 15) is 0 Å². The number of hydrogen-bond acceptors (Lipinski definition) is 3. The highest BCUT2D eigenvalue weighted by molar-refractivity contribution is 7.09. The Morgan fingerprint density at radius 2 is 2.31 bits per heavy atom. The van der Waals surface area contributed by atoms with E-state index in [1.165, 1.54) is 5.01 Å². The third-order valence-electron chi connectivity index (χ3n) is 1.77. The minimum absolute atomic E-state index is 0.261. The molecule has 1 rings (SSSR count). The van der Waals surface area contributed by atoms with Crippen molar-refractivity contribution in [2.45, 2.75) is 33.1 Å². The van der Waals surface area contributed by atoms with Gasteiger partial charge in [0, 0.05) is 18.4 Å². The van der Waals surface area contributed by atoms with E-state index in [-0.39, 0.29) is 6.61 Å². The highest BCUT2D eigenvalue weighted by Gasteiger charge is 2.03. The van der Waals surface area contributed by atoms with Gasteiger partial charge in [-0.2, -0.15) is 0 Å². The van der Waals surface area contributed by atoms with Crippen molar-refractivity contribution in [1.29, 1.82) is 0 Å². The van der Waals surface area contributed by atoms with Crippen LogP contribution < -0.4 is 0 Å². The Kier molecular flexibility index (Phi) is 4.39. The number of aryl methyl sites for hydroxylation is 1. The van der Waals surface area contributed by atoms with Crippen LogP contribution in [0.4, 0.5) is 0 Å². The van der Waals surface area contributed by atoms with Gasteiger partial charge in [0.15, 0.2) is 0 Å². The maximum Gasteiger partial charge on any atom is 0.0930 e. The number of hydrogen-bond donors (Lipinski definition) is 1. The van der Waals surface area contributed by atoms with Crippen LogP contribution in [-0.4, -0.2) is 16.7 Å². The smallest absolute Gasteiger partial charge is 0.0930 e. The van der Waals surface area contributed by atoms with Crippen molar-refractivity contribution in [2.75, 3.05) is 6.61 Å². The van der Waals surface area contributed by atoms with E-state index < -0.39 is 0 Å². The predicted molar refractivity (Wildman–Crippen MR) is 56.1 cm³/mol. The molecule has 0 unspecified atom stereocenters. The first kappa shape index (κ1) is 10.7. The lowest BCUT2D eigenvalue weighted by atomic mass is 10.1. The summed E-state index contributed by atoms with van der Waals surface area (Å²) in [6.45, 7) is 4.67. The van der Waals surface area contributed by atoms with Gasteiger partial charge in [-0.1, -0.05) is 13.8 Å². The molecule has 0 bridgehead atoms. The average molecular weight is 199 g/mol. The average Bonchev–Trinajstić information content (AvgIpc) is 2.48. The monoisotopic (exact) mass is 199 g/mol. The first-order valence-electron chi connectivity index (χ1n) is 4.76. The number of aromatic nitrogens is 1. The summed E-state index contributed by atoms with van der Waals surface area (Å²) in [7, 11) is 0. The molecule has 3 heteroatoms. The fourth-order valence-corrected chi connectivity index (χ4v) is 2.21. The van der Waals surface area contributed by atoms with Gasteiger partial charge in [0.05, 0.1) is 10.7 Å². The highest BCUT2D eigenvalue weighted by atomic mass is 32.1. The number of aliphatic hydroxyl groups is 1. The molecule has 0 aliphatic heterocycles. The fourth-order valence-electron chi connectivity index (χ4n) is 1.17. The molecule has 0 aromatic carbocycles. The Morgan fingerprint density at radius 1 is 1.54 bits per heavy atom. The summed E-state index contributed by atoms with van der Waals surface area (Å²) in [5.41, 5.74) is 1.13. The second-order valence-electron chi connectivity index (χ2n) is 3.66. The van der Waals surface area contributed by atoms with Crippen molar-refractivity contribution in [3.8, 4) is 0 Å². The normalized spacial score (nSPS) is 11.1. The molecule has 1 aromatic rings. The van der Waals surface area contributed by atoms with Gasteiger partial charge in [-0.3, -0.25) is 0 Å². The molecule has 2 nitrogen and oxygen atoms in total. The van der Waals surface area contributed by atoms with E-state index in [1.807, 2.05) is 0 Å². The SMILES string of the molecule is CC(C)Cc1nc(CCCO)cs1. The van der Waals surface area contributed by atoms with Crippen LogP contribution in [0.2, 0.25) is 0 Å². The molecule has 0 amide bonds. The molecule has 0 spiro atoms. The van der Waals surface area contributed by atoms with Crippen molar-refractivity contribution >= 4 is 11.3 Å². The molecule has 0 fully saturated rings. The molecule has 13 heavy (non-hydrogen) atoms. The van der Waals surface area contributed by atoms with Crippen molar-refractivity contribution in [3.63, 3.8) is 0 Å². The van der Waals surface area contributed by atoms with Crippen molar-refractivity contribution < 1.29 is 5.11 Å². The quantitative estimate of drug-likeness (QED) is 0.789. The van der Waals surface area contributed by atoms with Crippen LogP contribution in [0.15, 0.2) is 5.38 Å². The Morgan fingerprint density at radius 3 is 2.92 bits per heavy atom. The number of thiazole rings is 1. The minimum Gasteiger partial charge on any atom is -0.396 e. The lowest BCUT2D eigenvalue weighted by molar-refractivity contribution is 0.288. The van der Waals surface area contributed by atoms with Gasteiger partial charge < -0.3 is 5.11 Å². The van der Waals surface area contributed by atoms with Crippen molar-refractivity contribution in [2.24, 2.45) is 5.92 Å². The molecule has 0 aliphatic rings. The van der Waals surface area contributed by atoms with E-state index in [4.69, 9.17) is 5.11 Å². The van der Waals surface area contributed by atoms with E-state index in [0.717, 1.165) is 25.0 Å². The van der Waals surface area contributed by atoms with E-state index in [0.29, 0.717) is 5.92 Å². The molecule has 74 valence electrons.